The van der Waals surface area contributed by atoms with Gasteiger partial charge in [-0.2, -0.15) is 0 Å². The smallest absolute Gasteiger partial charge is 0.246 e. The minimum Gasteiger partial charge on any atom is -0.497 e. The number of hydrogen-bond acceptors (Lipinski definition) is 5. The Kier molecular flexibility index (Phi) is 5.61. The number of ether oxygens (including phenoxy) is 2. The number of nitrogens with zero attached hydrogens (tertiary/aromatic N) is 3. The highest BCUT2D eigenvalue weighted by Crippen LogP contribution is 2.31. The molecule has 1 amide bonds. The van der Waals surface area contributed by atoms with E-state index in [1.807, 2.05) is 23.4 Å². The number of halogens is 1. The first-order valence-electron chi connectivity index (χ1n) is 9.81. The normalized spacial score (nSPS) is 18.1. The fourth-order valence-corrected chi connectivity index (χ4v) is 3.73. The molecule has 6 nitrogen and oxygen atoms in total. The molecule has 0 radical (unpaired) electrons. The van der Waals surface area contributed by atoms with Crippen LogP contribution in [0.2, 0.25) is 0 Å². The maximum absolute atomic E-state index is 14.7. The highest BCUT2D eigenvalue weighted by atomic mass is 19.1. The Hall–Kier alpha value is -3.48. The Morgan fingerprint density at radius 3 is 2.80 bits per heavy atom. The van der Waals surface area contributed by atoms with Gasteiger partial charge >= 0.3 is 0 Å². The lowest BCUT2D eigenvalue weighted by molar-refractivity contribution is -0.125. The standard InChI is InChI=1S/C23H24FN3O3/c1-3-23(28)25-10-9-18(15-25)27-12-11-26(16-27)17-7-8-22(21(24)13-17)30-20-6-4-5-19(14-20)29-2/h3-8,11-14,18H,1,9-10,15-16H2,2H3/t18-/m1/s1. The highest BCUT2D eigenvalue weighted by molar-refractivity contribution is 5.87. The number of rotatable bonds is 6. The fraction of sp³-hybridized carbons (Fsp3) is 0.261. The molecule has 2 aromatic rings. The van der Waals surface area contributed by atoms with E-state index in [1.165, 1.54) is 12.1 Å². The van der Waals surface area contributed by atoms with Gasteiger partial charge in [0.05, 0.1) is 13.8 Å². The van der Waals surface area contributed by atoms with Gasteiger partial charge in [-0.1, -0.05) is 12.6 Å². The minimum atomic E-state index is -0.439. The van der Waals surface area contributed by atoms with E-state index in [9.17, 15) is 9.18 Å². The predicted molar refractivity (Wildman–Crippen MR) is 113 cm³/mol. The second kappa shape index (κ2) is 8.49. The van der Waals surface area contributed by atoms with Crippen molar-refractivity contribution in [2.24, 2.45) is 0 Å². The Bertz CT molecular complexity index is 978. The van der Waals surface area contributed by atoms with Crippen molar-refractivity contribution in [3.8, 4) is 17.2 Å². The first kappa shape index (κ1) is 19.8. The molecule has 1 fully saturated rings. The van der Waals surface area contributed by atoms with Crippen molar-refractivity contribution < 1.29 is 18.7 Å². The molecular weight excluding hydrogens is 385 g/mol. The molecule has 1 atom stereocenters. The molecule has 0 saturated carbocycles. The molecule has 156 valence electrons. The van der Waals surface area contributed by atoms with Crippen LogP contribution in [0.3, 0.4) is 0 Å². The summed E-state index contributed by atoms with van der Waals surface area (Å²) in [5.41, 5.74) is 0.737. The Morgan fingerprint density at radius 1 is 1.20 bits per heavy atom. The zero-order chi connectivity index (χ0) is 21.1. The third-order valence-corrected chi connectivity index (χ3v) is 5.39. The van der Waals surface area contributed by atoms with Gasteiger partial charge in [0.25, 0.3) is 0 Å². The molecular formula is C23H24FN3O3. The van der Waals surface area contributed by atoms with Crippen LogP contribution in [0.4, 0.5) is 10.1 Å². The van der Waals surface area contributed by atoms with Gasteiger partial charge in [0.15, 0.2) is 11.6 Å². The SMILES string of the molecule is C=CC(=O)N1CC[C@@H](N2C=CN(c3ccc(Oc4cccc(OC)c4)c(F)c3)C2)C1. The van der Waals surface area contributed by atoms with Crippen LogP contribution in [0.5, 0.6) is 17.2 Å². The maximum atomic E-state index is 14.7. The topological polar surface area (TPSA) is 45.3 Å². The van der Waals surface area contributed by atoms with Crippen LogP contribution in [-0.2, 0) is 4.79 Å². The van der Waals surface area contributed by atoms with Gasteiger partial charge in [0, 0.05) is 49.4 Å². The van der Waals surface area contributed by atoms with Crippen LogP contribution in [0.25, 0.3) is 0 Å². The van der Waals surface area contributed by atoms with Crippen LogP contribution in [-0.4, -0.2) is 48.6 Å². The summed E-state index contributed by atoms with van der Waals surface area (Å²) in [5, 5.41) is 0. The number of likely N-dealkylation sites (tertiary alicyclic amines) is 1. The van der Waals surface area contributed by atoms with Crippen LogP contribution >= 0.6 is 0 Å². The molecule has 0 aromatic heterocycles. The summed E-state index contributed by atoms with van der Waals surface area (Å²) in [6.45, 7) is 5.56. The van der Waals surface area contributed by atoms with E-state index in [0.29, 0.717) is 24.7 Å². The van der Waals surface area contributed by atoms with Crippen molar-refractivity contribution in [3.63, 3.8) is 0 Å². The van der Waals surface area contributed by atoms with Crippen molar-refractivity contribution >= 4 is 11.6 Å². The Morgan fingerprint density at radius 2 is 2.03 bits per heavy atom. The number of hydrogen-bond donors (Lipinski definition) is 0. The third kappa shape index (κ3) is 4.10. The van der Waals surface area contributed by atoms with Gasteiger partial charge in [0.1, 0.15) is 11.5 Å². The lowest BCUT2D eigenvalue weighted by Crippen LogP contribution is -2.37. The van der Waals surface area contributed by atoms with E-state index < -0.39 is 5.82 Å². The highest BCUT2D eigenvalue weighted by Gasteiger charge is 2.30. The molecule has 0 aliphatic carbocycles. The number of anilines is 1. The largest absolute Gasteiger partial charge is 0.497 e. The number of methoxy groups -OCH3 is 1. The van der Waals surface area contributed by atoms with E-state index >= 15 is 0 Å². The lowest BCUT2D eigenvalue weighted by atomic mass is 10.2. The van der Waals surface area contributed by atoms with Crippen molar-refractivity contribution in [2.75, 3.05) is 31.8 Å². The molecule has 0 spiro atoms. The zero-order valence-corrected chi connectivity index (χ0v) is 16.8. The average Bonchev–Trinajstić information content (AvgIpc) is 3.44. The summed E-state index contributed by atoms with van der Waals surface area (Å²) in [6, 6.07) is 12.2. The number of benzene rings is 2. The van der Waals surface area contributed by atoms with Crippen molar-refractivity contribution in [3.05, 3.63) is 73.3 Å². The van der Waals surface area contributed by atoms with E-state index in [-0.39, 0.29) is 17.7 Å². The van der Waals surface area contributed by atoms with E-state index in [0.717, 1.165) is 18.7 Å². The molecule has 2 heterocycles. The number of amides is 1. The molecule has 4 rings (SSSR count). The second-order valence-electron chi connectivity index (χ2n) is 7.25. The van der Waals surface area contributed by atoms with Crippen LogP contribution in [0.15, 0.2) is 67.5 Å². The molecule has 30 heavy (non-hydrogen) atoms. The molecule has 2 aliphatic rings. The Labute approximate surface area is 175 Å². The quantitative estimate of drug-likeness (QED) is 0.676. The van der Waals surface area contributed by atoms with Crippen molar-refractivity contribution in [1.82, 2.24) is 9.80 Å². The van der Waals surface area contributed by atoms with Crippen molar-refractivity contribution in [2.45, 2.75) is 12.5 Å². The summed E-state index contributed by atoms with van der Waals surface area (Å²) < 4.78 is 25.5. The number of carbonyl (C=O) groups is 1. The lowest BCUT2D eigenvalue weighted by Gasteiger charge is -2.27. The van der Waals surface area contributed by atoms with E-state index in [1.54, 1.807) is 42.3 Å². The summed E-state index contributed by atoms with van der Waals surface area (Å²) in [4.78, 5) is 17.7. The second-order valence-corrected chi connectivity index (χ2v) is 7.25. The molecule has 7 heteroatoms. The first-order chi connectivity index (χ1) is 14.6. The summed E-state index contributed by atoms with van der Waals surface area (Å²) in [7, 11) is 1.57. The third-order valence-electron chi connectivity index (χ3n) is 5.39. The maximum Gasteiger partial charge on any atom is 0.246 e. The molecule has 0 unspecified atom stereocenters. The van der Waals surface area contributed by atoms with Crippen LogP contribution in [0, 0.1) is 5.82 Å². The average molecular weight is 409 g/mol. The zero-order valence-electron chi connectivity index (χ0n) is 16.8. The number of carbonyl (C=O) groups excluding carboxylic acids is 1. The van der Waals surface area contributed by atoms with Crippen molar-refractivity contribution in [1.29, 1.82) is 0 Å². The van der Waals surface area contributed by atoms with Crippen LogP contribution < -0.4 is 14.4 Å². The van der Waals surface area contributed by atoms with Gasteiger partial charge in [-0.25, -0.2) is 4.39 Å². The monoisotopic (exact) mass is 409 g/mol. The molecule has 0 N–H and O–H groups in total. The molecule has 1 saturated heterocycles. The van der Waals surface area contributed by atoms with E-state index in [4.69, 9.17) is 9.47 Å². The first-order valence-corrected chi connectivity index (χ1v) is 9.81. The predicted octanol–water partition coefficient (Wildman–Crippen LogP) is 3.96. The molecule has 2 aliphatic heterocycles. The Balaban J connectivity index is 1.40. The molecule has 2 aromatic carbocycles. The molecule has 0 bridgehead atoms. The van der Waals surface area contributed by atoms with Gasteiger partial charge in [-0.15, -0.1) is 0 Å². The summed E-state index contributed by atoms with van der Waals surface area (Å²) in [5.74, 6) is 0.832. The fourth-order valence-electron chi connectivity index (χ4n) is 3.73. The summed E-state index contributed by atoms with van der Waals surface area (Å²) in [6.07, 6.45) is 6.17. The van der Waals surface area contributed by atoms with Gasteiger partial charge in [-0.05, 0) is 36.8 Å². The summed E-state index contributed by atoms with van der Waals surface area (Å²) >= 11 is 0. The van der Waals surface area contributed by atoms with Gasteiger partial charge < -0.3 is 24.2 Å². The van der Waals surface area contributed by atoms with Crippen LogP contribution in [0.1, 0.15) is 6.42 Å². The minimum absolute atomic E-state index is 0.0359. The van der Waals surface area contributed by atoms with Gasteiger partial charge in [-0.3, -0.25) is 4.79 Å². The van der Waals surface area contributed by atoms with Gasteiger partial charge in [0.2, 0.25) is 5.91 Å². The van der Waals surface area contributed by atoms with E-state index in [2.05, 4.69) is 11.5 Å².